The first-order valence-corrected chi connectivity index (χ1v) is 9.33. The highest BCUT2D eigenvalue weighted by Gasteiger charge is 2.15. The molecule has 2 N–H and O–H groups in total. The first-order valence-electron chi connectivity index (χ1n) is 8.08. The number of halogens is 1. The molecular weight excluding hydrogens is 372 g/mol. The fourth-order valence-corrected chi connectivity index (χ4v) is 3.60. The summed E-state index contributed by atoms with van der Waals surface area (Å²) >= 11 is 7.66. The molecule has 0 atom stereocenters. The molecule has 3 heterocycles. The van der Waals surface area contributed by atoms with Crippen LogP contribution in [-0.4, -0.2) is 27.6 Å². The third-order valence-corrected chi connectivity index (χ3v) is 5.10. The van der Waals surface area contributed by atoms with Gasteiger partial charge in [0.15, 0.2) is 0 Å². The van der Waals surface area contributed by atoms with Crippen molar-refractivity contribution in [1.29, 1.82) is 0 Å². The van der Waals surface area contributed by atoms with Gasteiger partial charge in [-0.3, -0.25) is 4.79 Å². The number of aromatic amines is 1. The van der Waals surface area contributed by atoms with Crippen LogP contribution in [0, 0.1) is 0 Å². The first-order chi connectivity index (χ1) is 12.7. The van der Waals surface area contributed by atoms with Gasteiger partial charge >= 0.3 is 0 Å². The molecule has 0 saturated heterocycles. The summed E-state index contributed by atoms with van der Waals surface area (Å²) < 4.78 is 5.15. The maximum absolute atomic E-state index is 12.2. The number of aromatic nitrogens is 3. The molecule has 132 valence electrons. The second-order valence-corrected chi connectivity index (χ2v) is 7.25. The van der Waals surface area contributed by atoms with Crippen LogP contribution in [0.3, 0.4) is 0 Å². The van der Waals surface area contributed by atoms with Crippen molar-refractivity contribution in [2.45, 2.75) is 12.8 Å². The van der Waals surface area contributed by atoms with Crippen molar-refractivity contribution < 1.29 is 9.32 Å². The lowest BCUT2D eigenvalue weighted by Gasteiger charge is -2.02. The summed E-state index contributed by atoms with van der Waals surface area (Å²) in [5, 5.41) is 10.3. The number of fused-ring (bicyclic) bond motifs is 1. The molecule has 0 spiro atoms. The van der Waals surface area contributed by atoms with E-state index in [1.807, 2.05) is 41.9 Å². The average Bonchev–Trinajstić information content (AvgIpc) is 3.37. The van der Waals surface area contributed by atoms with Crippen LogP contribution in [0.2, 0.25) is 5.02 Å². The third kappa shape index (κ3) is 3.63. The summed E-state index contributed by atoms with van der Waals surface area (Å²) in [7, 11) is 0. The quantitative estimate of drug-likeness (QED) is 0.527. The predicted octanol–water partition coefficient (Wildman–Crippen LogP) is 3.83. The van der Waals surface area contributed by atoms with Crippen LogP contribution < -0.4 is 5.32 Å². The van der Waals surface area contributed by atoms with Crippen molar-refractivity contribution in [3.8, 4) is 0 Å². The van der Waals surface area contributed by atoms with E-state index < -0.39 is 0 Å². The maximum atomic E-state index is 12.2. The largest absolute Gasteiger partial charge is 0.361 e. The Labute approximate surface area is 158 Å². The molecule has 1 amide bonds. The number of carbonyl (C=O) groups is 1. The lowest BCUT2D eigenvalue weighted by molar-refractivity contribution is 0.0941. The fraction of sp³-hybridized carbons (Fsp3) is 0.167. The molecule has 0 radical (unpaired) electrons. The number of amides is 1. The van der Waals surface area contributed by atoms with Crippen molar-refractivity contribution in [2.24, 2.45) is 0 Å². The molecule has 3 aromatic heterocycles. The minimum absolute atomic E-state index is 0.0542. The number of nitrogens with one attached hydrogen (secondary N) is 2. The standard InChI is InChI=1S/C18H15ClN4O2S/c19-12-3-4-15-14(8-12)11(10-21-15)5-6-20-18(24)17-22-16(25-23-17)9-13-2-1-7-26-13/h1-4,7-8,10,21H,5-6,9H2,(H,20,24). The number of carbonyl (C=O) groups excluding carboxylic acids is 1. The highest BCUT2D eigenvalue weighted by molar-refractivity contribution is 7.09. The van der Waals surface area contributed by atoms with Gasteiger partial charge in [-0.25, -0.2) is 0 Å². The number of H-pyrrole nitrogens is 1. The molecule has 0 unspecified atom stereocenters. The molecule has 6 nitrogen and oxygen atoms in total. The molecule has 0 fully saturated rings. The Morgan fingerprint density at radius 1 is 1.35 bits per heavy atom. The van der Waals surface area contributed by atoms with Crippen molar-refractivity contribution >= 4 is 39.7 Å². The summed E-state index contributed by atoms with van der Waals surface area (Å²) in [4.78, 5) is 20.6. The Morgan fingerprint density at radius 2 is 2.27 bits per heavy atom. The van der Waals surface area contributed by atoms with Gasteiger partial charge in [0.2, 0.25) is 5.89 Å². The molecule has 0 bridgehead atoms. The normalized spacial score (nSPS) is 11.1. The lowest BCUT2D eigenvalue weighted by Crippen LogP contribution is -2.26. The molecule has 0 aliphatic carbocycles. The predicted molar refractivity (Wildman–Crippen MR) is 101 cm³/mol. The van der Waals surface area contributed by atoms with Crippen molar-refractivity contribution in [3.63, 3.8) is 0 Å². The zero-order valence-electron chi connectivity index (χ0n) is 13.7. The zero-order chi connectivity index (χ0) is 17.9. The fourth-order valence-electron chi connectivity index (χ4n) is 2.73. The van der Waals surface area contributed by atoms with E-state index in [-0.39, 0.29) is 11.7 Å². The van der Waals surface area contributed by atoms with Crippen LogP contribution in [0.25, 0.3) is 10.9 Å². The topological polar surface area (TPSA) is 83.8 Å². The van der Waals surface area contributed by atoms with E-state index >= 15 is 0 Å². The van der Waals surface area contributed by atoms with E-state index in [4.69, 9.17) is 16.1 Å². The van der Waals surface area contributed by atoms with Crippen LogP contribution in [0.4, 0.5) is 0 Å². The molecule has 4 rings (SSSR count). The first kappa shape index (κ1) is 16.8. The third-order valence-electron chi connectivity index (χ3n) is 3.99. The SMILES string of the molecule is O=C(NCCc1c[nH]c2ccc(Cl)cc12)c1noc(Cc2cccs2)n1. The van der Waals surface area contributed by atoms with Gasteiger partial charge < -0.3 is 14.8 Å². The summed E-state index contributed by atoms with van der Waals surface area (Å²) in [5.41, 5.74) is 2.11. The summed E-state index contributed by atoms with van der Waals surface area (Å²) in [6, 6.07) is 9.65. The Bertz CT molecular complexity index is 1040. The number of rotatable bonds is 6. The second-order valence-electron chi connectivity index (χ2n) is 5.78. The van der Waals surface area contributed by atoms with Crippen molar-refractivity contribution in [3.05, 3.63) is 69.1 Å². The summed E-state index contributed by atoms with van der Waals surface area (Å²) in [5.74, 6) is 0.145. The van der Waals surface area contributed by atoms with Gasteiger partial charge in [-0.15, -0.1) is 11.3 Å². The number of hydrogen-bond acceptors (Lipinski definition) is 5. The van der Waals surface area contributed by atoms with E-state index in [0.29, 0.717) is 30.3 Å². The van der Waals surface area contributed by atoms with E-state index in [2.05, 4.69) is 20.4 Å². The summed E-state index contributed by atoms with van der Waals surface area (Å²) in [6.07, 6.45) is 3.14. The van der Waals surface area contributed by atoms with Crippen LogP contribution in [-0.2, 0) is 12.8 Å². The van der Waals surface area contributed by atoms with Crippen molar-refractivity contribution in [2.75, 3.05) is 6.54 Å². The zero-order valence-corrected chi connectivity index (χ0v) is 15.2. The monoisotopic (exact) mass is 386 g/mol. The number of thiophene rings is 1. The molecule has 4 aromatic rings. The van der Waals surface area contributed by atoms with Gasteiger partial charge in [0.1, 0.15) is 0 Å². The Balaban J connectivity index is 1.35. The highest BCUT2D eigenvalue weighted by Crippen LogP contribution is 2.22. The maximum Gasteiger partial charge on any atom is 0.292 e. The minimum Gasteiger partial charge on any atom is -0.361 e. The van der Waals surface area contributed by atoms with E-state index in [1.165, 1.54) is 0 Å². The molecule has 1 aromatic carbocycles. The molecular formula is C18H15ClN4O2S. The molecule has 0 aliphatic heterocycles. The summed E-state index contributed by atoms with van der Waals surface area (Å²) in [6.45, 7) is 0.465. The van der Waals surface area contributed by atoms with Gasteiger partial charge in [-0.05, 0) is 41.6 Å². The smallest absolute Gasteiger partial charge is 0.292 e. The van der Waals surface area contributed by atoms with Crippen LogP contribution >= 0.6 is 22.9 Å². The van der Waals surface area contributed by atoms with Crippen LogP contribution in [0.5, 0.6) is 0 Å². The molecule has 0 saturated carbocycles. The van der Waals surface area contributed by atoms with Crippen LogP contribution in [0.15, 0.2) is 46.4 Å². The Kier molecular flexibility index (Phi) is 4.73. The molecule has 0 aliphatic rings. The molecule has 26 heavy (non-hydrogen) atoms. The average molecular weight is 387 g/mol. The lowest BCUT2D eigenvalue weighted by atomic mass is 10.1. The van der Waals surface area contributed by atoms with Gasteiger partial charge in [0.25, 0.3) is 11.7 Å². The minimum atomic E-state index is -0.343. The highest BCUT2D eigenvalue weighted by atomic mass is 35.5. The Hall–Kier alpha value is -2.64. The number of nitrogens with zero attached hydrogens (tertiary/aromatic N) is 2. The number of hydrogen-bond donors (Lipinski definition) is 2. The van der Waals surface area contributed by atoms with Crippen molar-refractivity contribution in [1.82, 2.24) is 20.4 Å². The van der Waals surface area contributed by atoms with Gasteiger partial charge in [0.05, 0.1) is 6.42 Å². The van der Waals surface area contributed by atoms with E-state index in [0.717, 1.165) is 21.3 Å². The van der Waals surface area contributed by atoms with Gasteiger partial charge in [-0.1, -0.05) is 22.8 Å². The van der Waals surface area contributed by atoms with E-state index in [9.17, 15) is 4.79 Å². The van der Waals surface area contributed by atoms with Crippen LogP contribution in [0.1, 0.15) is 27.0 Å². The van der Waals surface area contributed by atoms with Gasteiger partial charge in [0, 0.05) is 33.5 Å². The van der Waals surface area contributed by atoms with E-state index in [1.54, 1.807) is 11.3 Å². The molecule has 8 heteroatoms. The second kappa shape index (κ2) is 7.31. The van der Waals surface area contributed by atoms with Gasteiger partial charge in [-0.2, -0.15) is 4.98 Å². The number of benzene rings is 1. The Morgan fingerprint density at radius 3 is 3.12 bits per heavy atom.